The van der Waals surface area contributed by atoms with Gasteiger partial charge in [0.05, 0.1) is 32.2 Å². The van der Waals surface area contributed by atoms with Crippen molar-refractivity contribution in [3.05, 3.63) is 82.0 Å². The first kappa shape index (κ1) is 48.9. The molecule has 1 aromatic heterocycles. The van der Waals surface area contributed by atoms with Gasteiger partial charge in [-0.25, -0.2) is 14.6 Å². The van der Waals surface area contributed by atoms with E-state index in [0.29, 0.717) is 63.6 Å². The molecule has 0 unspecified atom stereocenters. The van der Waals surface area contributed by atoms with Gasteiger partial charge < -0.3 is 51.5 Å². The highest BCUT2D eigenvalue weighted by Crippen LogP contribution is 2.30. The lowest BCUT2D eigenvalue weighted by Crippen LogP contribution is -2.38. The summed E-state index contributed by atoms with van der Waals surface area (Å²) in [5, 5.41) is 13.5. The van der Waals surface area contributed by atoms with Crippen LogP contribution in [0.2, 0.25) is 0 Å². The fourth-order valence-electron chi connectivity index (χ4n) is 6.39. The molecule has 0 atom stereocenters. The van der Waals surface area contributed by atoms with Crippen LogP contribution in [0.3, 0.4) is 0 Å². The van der Waals surface area contributed by atoms with Gasteiger partial charge in [0.1, 0.15) is 18.2 Å². The lowest BCUT2D eigenvalue weighted by Gasteiger charge is -2.30. The number of amides is 4. The van der Waals surface area contributed by atoms with Crippen molar-refractivity contribution >= 4 is 42.0 Å². The third kappa shape index (κ3) is 17.0. The lowest BCUT2D eigenvalue weighted by atomic mass is 9.84. The molecule has 0 saturated heterocycles. The topological polar surface area (TPSA) is 196 Å². The van der Waals surface area contributed by atoms with E-state index in [-0.39, 0.29) is 23.3 Å². The third-order valence-electron chi connectivity index (χ3n) is 9.92. The van der Waals surface area contributed by atoms with Crippen molar-refractivity contribution in [1.82, 2.24) is 20.5 Å². The Bertz CT molecular complexity index is 1970. The molecule has 0 aliphatic carbocycles. The van der Waals surface area contributed by atoms with Gasteiger partial charge >= 0.3 is 12.1 Å². The average molecular weight is 831 g/mol. The highest BCUT2D eigenvalue weighted by molar-refractivity contribution is 5.90. The van der Waals surface area contributed by atoms with Crippen molar-refractivity contribution in [2.75, 3.05) is 45.3 Å². The summed E-state index contributed by atoms with van der Waals surface area (Å²) in [5.41, 5.74) is 14.2. The normalized spacial score (nSPS) is 12.4. The number of methoxy groups -OCH3 is 1. The molecule has 60 heavy (non-hydrogen) atoms. The molecule has 0 radical (unpaired) electrons. The molecule has 0 aliphatic heterocycles. The van der Waals surface area contributed by atoms with Gasteiger partial charge in [-0.05, 0) is 66.3 Å². The van der Waals surface area contributed by atoms with Crippen LogP contribution in [-0.4, -0.2) is 68.4 Å². The SMILES string of the molecule is C=c1ccn(Cc2ccc(C(C)(C)COCC(C)(C)CNC(=O)OCc3ccc(NC(=O)CCCCNC(N)=O)cc3)cc2OC)/c1=C(/N=C(/N)CCC)NCCCCC. The summed E-state index contributed by atoms with van der Waals surface area (Å²) in [5.74, 6) is 1.99. The van der Waals surface area contributed by atoms with Crippen LogP contribution in [0.4, 0.5) is 15.3 Å². The van der Waals surface area contributed by atoms with Crippen LogP contribution < -0.4 is 48.0 Å². The second-order valence-corrected chi connectivity index (χ2v) is 16.6. The molecular weight excluding hydrogens is 761 g/mol. The number of nitrogens with one attached hydrogen (secondary N) is 4. The van der Waals surface area contributed by atoms with Crippen molar-refractivity contribution in [2.24, 2.45) is 21.9 Å². The minimum absolute atomic E-state index is 0.0856. The number of unbranched alkanes of at least 4 members (excludes halogenated alkanes) is 3. The molecule has 3 aromatic rings. The summed E-state index contributed by atoms with van der Waals surface area (Å²) in [7, 11) is 1.69. The molecule has 3 rings (SSSR count). The first-order chi connectivity index (χ1) is 28.6. The van der Waals surface area contributed by atoms with E-state index in [0.717, 1.165) is 77.5 Å². The number of benzene rings is 2. The van der Waals surface area contributed by atoms with Gasteiger partial charge in [0.15, 0.2) is 5.82 Å². The zero-order valence-electron chi connectivity index (χ0n) is 37.0. The number of primary amides is 1. The van der Waals surface area contributed by atoms with Crippen molar-refractivity contribution in [1.29, 1.82) is 0 Å². The molecule has 0 bridgehead atoms. The number of carbonyl (C=O) groups is 3. The number of ether oxygens (including phenoxy) is 3. The number of rotatable bonds is 26. The number of nitrogens with zero attached hydrogens (tertiary/aromatic N) is 2. The summed E-state index contributed by atoms with van der Waals surface area (Å²) in [4.78, 5) is 40.3. The van der Waals surface area contributed by atoms with E-state index in [1.54, 1.807) is 31.4 Å². The van der Waals surface area contributed by atoms with E-state index >= 15 is 0 Å². The summed E-state index contributed by atoms with van der Waals surface area (Å²) < 4.78 is 19.8. The first-order valence-electron chi connectivity index (χ1n) is 21.1. The summed E-state index contributed by atoms with van der Waals surface area (Å²) in [6, 6.07) is 14.9. The number of nitrogens with two attached hydrogens (primary N) is 2. The Morgan fingerprint density at radius 3 is 2.25 bits per heavy atom. The zero-order chi connectivity index (χ0) is 44.1. The van der Waals surface area contributed by atoms with Gasteiger partial charge in [-0.1, -0.05) is 85.2 Å². The molecular formula is C46H70N8O6. The molecule has 0 spiro atoms. The first-order valence-corrected chi connectivity index (χ1v) is 21.1. The smallest absolute Gasteiger partial charge is 0.407 e. The fourth-order valence-corrected chi connectivity index (χ4v) is 6.39. The van der Waals surface area contributed by atoms with Gasteiger partial charge in [0.25, 0.3) is 0 Å². The molecule has 330 valence electrons. The molecule has 8 N–H and O–H groups in total. The number of carbonyl (C=O) groups excluding carboxylic acids is 3. The van der Waals surface area contributed by atoms with Gasteiger partial charge in [-0.3, -0.25) is 4.79 Å². The number of aromatic nitrogens is 1. The number of amidine groups is 1. The van der Waals surface area contributed by atoms with Gasteiger partial charge in [0, 0.05) is 60.8 Å². The molecule has 0 aliphatic rings. The van der Waals surface area contributed by atoms with Crippen LogP contribution in [0, 0.1) is 5.41 Å². The van der Waals surface area contributed by atoms with Crippen LogP contribution >= 0.6 is 0 Å². The van der Waals surface area contributed by atoms with Crippen LogP contribution in [0.5, 0.6) is 5.75 Å². The van der Waals surface area contributed by atoms with Crippen molar-refractivity contribution < 1.29 is 28.6 Å². The Hall–Kier alpha value is -5.50. The van der Waals surface area contributed by atoms with E-state index in [4.69, 9.17) is 30.7 Å². The Balaban J connectivity index is 1.53. The van der Waals surface area contributed by atoms with Crippen molar-refractivity contribution in [2.45, 2.75) is 111 Å². The maximum absolute atomic E-state index is 12.6. The van der Waals surface area contributed by atoms with E-state index < -0.39 is 12.1 Å². The second-order valence-electron chi connectivity index (χ2n) is 16.6. The van der Waals surface area contributed by atoms with Crippen LogP contribution in [0.15, 0.2) is 59.7 Å². The molecule has 4 amide bonds. The number of urea groups is 1. The molecule has 0 fully saturated rings. The number of anilines is 1. The summed E-state index contributed by atoms with van der Waals surface area (Å²) in [6.07, 6.45) is 8.07. The maximum Gasteiger partial charge on any atom is 0.407 e. The fraction of sp³-hybridized carbons (Fsp3) is 0.522. The third-order valence-corrected chi connectivity index (χ3v) is 9.92. The molecule has 0 saturated carbocycles. The second kappa shape index (κ2) is 24.6. The van der Waals surface area contributed by atoms with Gasteiger partial charge in [-0.15, -0.1) is 0 Å². The molecule has 14 heteroatoms. The Morgan fingerprint density at radius 2 is 1.57 bits per heavy atom. The minimum atomic E-state index is -0.574. The maximum atomic E-state index is 12.6. The molecule has 1 heterocycles. The minimum Gasteiger partial charge on any atom is -0.496 e. The predicted molar refractivity (Wildman–Crippen MR) is 241 cm³/mol. The predicted octanol–water partition coefficient (Wildman–Crippen LogP) is 5.98. The lowest BCUT2D eigenvalue weighted by molar-refractivity contribution is -0.116. The largest absolute Gasteiger partial charge is 0.496 e. The summed E-state index contributed by atoms with van der Waals surface area (Å²) in [6.45, 7) is 20.1. The van der Waals surface area contributed by atoms with Crippen LogP contribution in [0.25, 0.3) is 12.4 Å². The number of hydrogen-bond acceptors (Lipinski definition) is 8. The zero-order valence-corrected chi connectivity index (χ0v) is 37.0. The average Bonchev–Trinajstić information content (AvgIpc) is 3.56. The number of aliphatic imine (C=N–C) groups is 1. The van der Waals surface area contributed by atoms with Gasteiger partial charge in [0.2, 0.25) is 5.91 Å². The van der Waals surface area contributed by atoms with Crippen molar-refractivity contribution in [3.8, 4) is 5.75 Å². The molecule has 2 aromatic carbocycles. The van der Waals surface area contributed by atoms with Crippen LogP contribution in [-0.2, 0) is 32.8 Å². The van der Waals surface area contributed by atoms with Gasteiger partial charge in [-0.2, -0.15) is 0 Å². The van der Waals surface area contributed by atoms with Crippen molar-refractivity contribution in [3.63, 3.8) is 0 Å². The monoisotopic (exact) mass is 831 g/mol. The standard InChI is InChI=1S/C46H70N8O6/c1-9-11-13-24-49-42(53-39(47)15-10-2)41-33(3)23-26-54(41)28-35-19-20-36(27-38(35)58-8)46(6,7)32-59-31-45(4,5)30-51-44(57)60-29-34-17-21-37(22-18-34)52-40(55)16-12-14-25-50-43(48)56/h17-23,26-27,49H,3,9-16,24-25,28-32H2,1-2,4-8H3,(H2,47,53)(H,51,57)(H,52,55)(H3,48,50,56)/b42-41+. The van der Waals surface area contributed by atoms with E-state index in [1.165, 1.54) is 0 Å². The number of hydrogen-bond donors (Lipinski definition) is 6. The highest BCUT2D eigenvalue weighted by Gasteiger charge is 2.26. The van der Waals surface area contributed by atoms with E-state index in [9.17, 15) is 14.4 Å². The van der Waals surface area contributed by atoms with Crippen LogP contribution in [0.1, 0.15) is 110 Å². The molecule has 14 nitrogen and oxygen atoms in total. The quantitative estimate of drug-likeness (QED) is 0.0323. The Labute approximate surface area is 356 Å². The number of alkyl carbamates (subject to hydrolysis) is 1. The van der Waals surface area contributed by atoms with E-state index in [1.807, 2.05) is 26.1 Å². The Morgan fingerprint density at radius 1 is 0.850 bits per heavy atom. The Kier molecular flexibility index (Phi) is 20.0. The summed E-state index contributed by atoms with van der Waals surface area (Å²) >= 11 is 0. The van der Waals surface area contributed by atoms with E-state index in [2.05, 4.69) is 78.3 Å². The highest BCUT2D eigenvalue weighted by atomic mass is 16.5.